The number of alkyl halides is 3. The van der Waals surface area contributed by atoms with Crippen molar-refractivity contribution >= 4 is 11.8 Å². The number of carbonyl (C=O) groups excluding carboxylic acids is 2. The van der Waals surface area contributed by atoms with Gasteiger partial charge in [0.25, 0.3) is 0 Å². The third-order valence-corrected chi connectivity index (χ3v) is 4.39. The topological polar surface area (TPSA) is 71.5 Å². The molecule has 2 saturated heterocycles. The van der Waals surface area contributed by atoms with Crippen molar-refractivity contribution in [1.29, 1.82) is 0 Å². The number of pyridine rings is 1. The minimum Gasteiger partial charge on any atom is -0.472 e. The molecule has 9 heteroatoms. The summed E-state index contributed by atoms with van der Waals surface area (Å²) in [6.45, 7) is 1.22. The van der Waals surface area contributed by atoms with Crippen molar-refractivity contribution in [3.8, 4) is 5.88 Å². The molecule has 0 aromatic carbocycles. The standard InChI is InChI=1S/C16H18F3N3O3/c17-16(18,19)10-3-6-20-13(8-10)25-11-4-7-22(9-11)15(24)12-2-1-5-21-14(12)23/h3,6,8,11-12H,1-2,4-5,7,9H2,(H,21,23). The van der Waals surface area contributed by atoms with E-state index in [1.54, 1.807) is 0 Å². The van der Waals surface area contributed by atoms with E-state index in [4.69, 9.17) is 4.74 Å². The highest BCUT2D eigenvalue weighted by Crippen LogP contribution is 2.31. The van der Waals surface area contributed by atoms with E-state index in [0.29, 0.717) is 25.9 Å². The van der Waals surface area contributed by atoms with Crippen LogP contribution in [-0.2, 0) is 15.8 Å². The molecule has 2 atom stereocenters. The van der Waals surface area contributed by atoms with E-state index in [0.717, 1.165) is 24.8 Å². The lowest BCUT2D eigenvalue weighted by Gasteiger charge is -2.25. The van der Waals surface area contributed by atoms with Gasteiger partial charge in [0.15, 0.2) is 0 Å². The van der Waals surface area contributed by atoms with Crippen molar-refractivity contribution < 1.29 is 27.5 Å². The van der Waals surface area contributed by atoms with Gasteiger partial charge < -0.3 is 15.0 Å². The number of hydrogen-bond acceptors (Lipinski definition) is 4. The van der Waals surface area contributed by atoms with Gasteiger partial charge in [-0.2, -0.15) is 13.2 Å². The van der Waals surface area contributed by atoms with Gasteiger partial charge in [0.05, 0.1) is 12.1 Å². The van der Waals surface area contributed by atoms with Crippen molar-refractivity contribution in [3.63, 3.8) is 0 Å². The molecule has 2 aliphatic rings. The zero-order valence-electron chi connectivity index (χ0n) is 13.4. The third kappa shape index (κ3) is 4.02. The van der Waals surface area contributed by atoms with Crippen LogP contribution in [0, 0.1) is 5.92 Å². The maximum absolute atomic E-state index is 12.7. The van der Waals surface area contributed by atoms with Gasteiger partial charge in [0, 0.05) is 31.8 Å². The summed E-state index contributed by atoms with van der Waals surface area (Å²) in [6, 6.07) is 1.72. The van der Waals surface area contributed by atoms with E-state index in [9.17, 15) is 22.8 Å². The number of ether oxygens (including phenoxy) is 1. The van der Waals surface area contributed by atoms with Gasteiger partial charge in [-0.05, 0) is 18.9 Å². The number of halogens is 3. The molecular weight excluding hydrogens is 339 g/mol. The lowest BCUT2D eigenvalue weighted by molar-refractivity contribution is -0.143. The molecule has 2 amide bonds. The Morgan fingerprint density at radius 3 is 2.88 bits per heavy atom. The first kappa shape index (κ1) is 17.5. The zero-order chi connectivity index (χ0) is 18.0. The molecule has 0 bridgehead atoms. The summed E-state index contributed by atoms with van der Waals surface area (Å²) in [7, 11) is 0. The molecule has 0 aliphatic carbocycles. The Hall–Kier alpha value is -2.32. The highest BCUT2D eigenvalue weighted by atomic mass is 19.4. The Bertz CT molecular complexity index is 666. The van der Waals surface area contributed by atoms with E-state index in [2.05, 4.69) is 10.3 Å². The number of likely N-dealkylation sites (tertiary alicyclic amines) is 1. The lowest BCUT2D eigenvalue weighted by Crippen LogP contribution is -2.46. The van der Waals surface area contributed by atoms with Gasteiger partial charge in [-0.25, -0.2) is 4.98 Å². The Kier molecular flexibility index (Phi) is 4.82. The van der Waals surface area contributed by atoms with Crippen molar-refractivity contribution in [3.05, 3.63) is 23.9 Å². The van der Waals surface area contributed by atoms with Gasteiger partial charge in [-0.1, -0.05) is 0 Å². The first-order valence-corrected chi connectivity index (χ1v) is 8.11. The van der Waals surface area contributed by atoms with Crippen molar-refractivity contribution in [1.82, 2.24) is 15.2 Å². The predicted octanol–water partition coefficient (Wildman–Crippen LogP) is 1.61. The van der Waals surface area contributed by atoms with Crippen molar-refractivity contribution in [2.45, 2.75) is 31.5 Å². The van der Waals surface area contributed by atoms with Crippen molar-refractivity contribution in [2.24, 2.45) is 5.92 Å². The molecule has 25 heavy (non-hydrogen) atoms. The first-order chi connectivity index (χ1) is 11.8. The Labute approximate surface area is 142 Å². The molecule has 3 rings (SSSR count). The quantitative estimate of drug-likeness (QED) is 0.835. The van der Waals surface area contributed by atoms with Crippen LogP contribution in [0.1, 0.15) is 24.8 Å². The maximum Gasteiger partial charge on any atom is 0.416 e. The summed E-state index contributed by atoms with van der Waals surface area (Å²) in [4.78, 5) is 29.6. The van der Waals surface area contributed by atoms with E-state index in [1.807, 2.05) is 0 Å². The van der Waals surface area contributed by atoms with Gasteiger partial charge >= 0.3 is 6.18 Å². The SMILES string of the molecule is O=C1NCCCC1C(=O)N1CCC(Oc2cc(C(F)(F)F)ccn2)C1. The fraction of sp³-hybridized carbons (Fsp3) is 0.562. The second-order valence-electron chi connectivity index (χ2n) is 6.18. The van der Waals surface area contributed by atoms with Gasteiger partial charge in [-0.3, -0.25) is 9.59 Å². The second-order valence-corrected chi connectivity index (χ2v) is 6.18. The van der Waals surface area contributed by atoms with Crippen LogP contribution >= 0.6 is 0 Å². The number of nitrogens with zero attached hydrogens (tertiary/aromatic N) is 2. The zero-order valence-corrected chi connectivity index (χ0v) is 13.4. The monoisotopic (exact) mass is 357 g/mol. The first-order valence-electron chi connectivity index (χ1n) is 8.11. The fourth-order valence-electron chi connectivity index (χ4n) is 3.07. The number of carbonyl (C=O) groups is 2. The molecule has 1 N–H and O–H groups in total. The van der Waals surface area contributed by atoms with E-state index >= 15 is 0 Å². The number of nitrogens with one attached hydrogen (secondary N) is 1. The number of amides is 2. The number of aromatic nitrogens is 1. The van der Waals surface area contributed by atoms with E-state index < -0.39 is 23.8 Å². The van der Waals surface area contributed by atoms with Crippen molar-refractivity contribution in [2.75, 3.05) is 19.6 Å². The summed E-state index contributed by atoms with van der Waals surface area (Å²) in [6.07, 6.45) is -2.11. The second kappa shape index (κ2) is 6.89. The minimum absolute atomic E-state index is 0.121. The summed E-state index contributed by atoms with van der Waals surface area (Å²) in [5, 5.41) is 2.67. The molecule has 1 aromatic rings. The largest absolute Gasteiger partial charge is 0.472 e. The molecule has 2 fully saturated rings. The summed E-state index contributed by atoms with van der Waals surface area (Å²) in [5.74, 6) is -1.32. The molecule has 0 radical (unpaired) electrons. The van der Waals surface area contributed by atoms with Crippen LogP contribution in [0.25, 0.3) is 0 Å². The fourth-order valence-corrected chi connectivity index (χ4v) is 3.07. The van der Waals surface area contributed by atoms with Crippen LogP contribution in [0.5, 0.6) is 5.88 Å². The van der Waals surface area contributed by atoms with E-state index in [1.165, 1.54) is 4.90 Å². The summed E-state index contributed by atoms with van der Waals surface area (Å²) in [5.41, 5.74) is -0.831. The van der Waals surface area contributed by atoms with Crippen LogP contribution in [-0.4, -0.2) is 47.4 Å². The molecule has 2 aliphatic heterocycles. The lowest BCUT2D eigenvalue weighted by atomic mass is 9.97. The predicted molar refractivity (Wildman–Crippen MR) is 80.6 cm³/mol. The van der Waals surface area contributed by atoms with Crippen LogP contribution in [0.15, 0.2) is 18.3 Å². The van der Waals surface area contributed by atoms with Crippen LogP contribution < -0.4 is 10.1 Å². The summed E-state index contributed by atoms with van der Waals surface area (Å²) >= 11 is 0. The molecule has 0 spiro atoms. The van der Waals surface area contributed by atoms with Crippen LogP contribution in [0.2, 0.25) is 0 Å². The maximum atomic E-state index is 12.7. The number of rotatable bonds is 3. The molecular formula is C16H18F3N3O3. The highest BCUT2D eigenvalue weighted by Gasteiger charge is 2.37. The van der Waals surface area contributed by atoms with Gasteiger partial charge in [0.1, 0.15) is 12.0 Å². The Balaban J connectivity index is 1.60. The number of hydrogen-bond donors (Lipinski definition) is 1. The number of piperidine rings is 1. The molecule has 1 aromatic heterocycles. The van der Waals surface area contributed by atoms with Gasteiger partial charge in [0.2, 0.25) is 17.7 Å². The average molecular weight is 357 g/mol. The molecule has 6 nitrogen and oxygen atoms in total. The smallest absolute Gasteiger partial charge is 0.416 e. The normalized spacial score (nSPS) is 24.1. The molecule has 3 heterocycles. The highest BCUT2D eigenvalue weighted by molar-refractivity contribution is 6.00. The molecule has 136 valence electrons. The van der Waals surface area contributed by atoms with Gasteiger partial charge in [-0.15, -0.1) is 0 Å². The summed E-state index contributed by atoms with van der Waals surface area (Å²) < 4.78 is 43.7. The Morgan fingerprint density at radius 1 is 1.36 bits per heavy atom. The third-order valence-electron chi connectivity index (χ3n) is 4.39. The van der Waals surface area contributed by atoms with Crippen LogP contribution in [0.4, 0.5) is 13.2 Å². The minimum atomic E-state index is -4.47. The molecule has 0 saturated carbocycles. The average Bonchev–Trinajstić information content (AvgIpc) is 3.03. The van der Waals surface area contributed by atoms with E-state index in [-0.39, 0.29) is 24.2 Å². The Morgan fingerprint density at radius 2 is 2.16 bits per heavy atom. The van der Waals surface area contributed by atoms with Crippen LogP contribution in [0.3, 0.4) is 0 Å². The molecule has 2 unspecified atom stereocenters.